The van der Waals surface area contributed by atoms with Crippen molar-refractivity contribution in [2.45, 2.75) is 19.1 Å². The Morgan fingerprint density at radius 2 is 1.81 bits per heavy atom. The Bertz CT molecular complexity index is 824. The van der Waals surface area contributed by atoms with E-state index >= 15 is 0 Å². The Labute approximate surface area is 162 Å². The van der Waals surface area contributed by atoms with Gasteiger partial charge in [0.25, 0.3) is 5.91 Å². The van der Waals surface area contributed by atoms with Crippen LogP contribution in [0.15, 0.2) is 54.6 Å². The van der Waals surface area contributed by atoms with Gasteiger partial charge in [-0.25, -0.2) is 4.79 Å². The Morgan fingerprint density at radius 1 is 1.11 bits per heavy atom. The molecule has 2 aromatic rings. The molecule has 2 amide bonds. The van der Waals surface area contributed by atoms with Crippen LogP contribution in [0.5, 0.6) is 0 Å². The van der Waals surface area contributed by atoms with Crippen molar-refractivity contribution in [2.24, 2.45) is 0 Å². The lowest BCUT2D eigenvalue weighted by Gasteiger charge is -2.30. The molecular formula is C20H19ClN2O4. The molecule has 0 aromatic heterocycles. The quantitative estimate of drug-likeness (QED) is 0.876. The van der Waals surface area contributed by atoms with E-state index in [-0.39, 0.29) is 24.8 Å². The second-order valence-corrected chi connectivity index (χ2v) is 6.69. The first-order chi connectivity index (χ1) is 13.0. The maximum absolute atomic E-state index is 12.3. The summed E-state index contributed by atoms with van der Waals surface area (Å²) in [6.45, 7) is 0.408. The molecule has 0 aliphatic carbocycles. The van der Waals surface area contributed by atoms with Crippen LogP contribution in [-0.4, -0.2) is 41.8 Å². The molecule has 0 saturated carbocycles. The van der Waals surface area contributed by atoms with Gasteiger partial charge in [0, 0.05) is 17.1 Å². The smallest absolute Gasteiger partial charge is 0.410 e. The molecule has 1 fully saturated rings. The summed E-state index contributed by atoms with van der Waals surface area (Å²) in [7, 11) is 0. The monoisotopic (exact) mass is 386 g/mol. The predicted octanol–water partition coefficient (Wildman–Crippen LogP) is 3.05. The van der Waals surface area contributed by atoms with Crippen molar-refractivity contribution in [1.29, 1.82) is 0 Å². The third-order valence-electron chi connectivity index (χ3n) is 4.30. The van der Waals surface area contributed by atoms with Crippen LogP contribution in [-0.2, 0) is 16.1 Å². The molecule has 1 heterocycles. The zero-order valence-electron chi connectivity index (χ0n) is 14.6. The Kier molecular flexibility index (Phi) is 6.08. The van der Waals surface area contributed by atoms with Crippen molar-refractivity contribution in [2.75, 3.05) is 13.1 Å². The van der Waals surface area contributed by atoms with Crippen LogP contribution in [0.25, 0.3) is 0 Å². The van der Waals surface area contributed by atoms with Crippen LogP contribution in [0.2, 0.25) is 5.02 Å². The van der Waals surface area contributed by atoms with Gasteiger partial charge in [0.1, 0.15) is 6.61 Å². The molecule has 2 aromatic carbocycles. The molecule has 0 spiro atoms. The number of piperidine rings is 1. The van der Waals surface area contributed by atoms with Gasteiger partial charge in [-0.05, 0) is 36.2 Å². The first-order valence-corrected chi connectivity index (χ1v) is 8.95. The predicted molar refractivity (Wildman–Crippen MR) is 101 cm³/mol. The van der Waals surface area contributed by atoms with Gasteiger partial charge < -0.3 is 15.0 Å². The highest BCUT2D eigenvalue weighted by atomic mass is 35.5. The van der Waals surface area contributed by atoms with E-state index in [1.165, 1.54) is 4.90 Å². The van der Waals surface area contributed by atoms with Crippen molar-refractivity contribution in [3.63, 3.8) is 0 Å². The fraction of sp³-hybridized carbons (Fsp3) is 0.250. The number of ether oxygens (including phenoxy) is 1. The summed E-state index contributed by atoms with van der Waals surface area (Å²) in [5.41, 5.74) is 1.30. The lowest BCUT2D eigenvalue weighted by molar-refractivity contribution is -0.123. The summed E-state index contributed by atoms with van der Waals surface area (Å²) in [6.07, 6.45) is -0.187. The van der Waals surface area contributed by atoms with E-state index in [1.54, 1.807) is 24.3 Å². The third-order valence-corrected chi connectivity index (χ3v) is 4.55. The number of halogens is 1. The average molecular weight is 387 g/mol. The van der Waals surface area contributed by atoms with Gasteiger partial charge in [0.2, 0.25) is 0 Å². The zero-order valence-corrected chi connectivity index (χ0v) is 15.3. The van der Waals surface area contributed by atoms with Crippen LogP contribution in [0, 0.1) is 0 Å². The summed E-state index contributed by atoms with van der Waals surface area (Å²) in [4.78, 5) is 38.1. The minimum Gasteiger partial charge on any atom is -0.445 e. The van der Waals surface area contributed by atoms with Crippen LogP contribution in [0.4, 0.5) is 4.79 Å². The number of amides is 2. The molecule has 6 nitrogen and oxygen atoms in total. The minimum atomic E-state index is -0.619. The Morgan fingerprint density at radius 3 is 2.48 bits per heavy atom. The van der Waals surface area contributed by atoms with Gasteiger partial charge in [0.05, 0.1) is 12.6 Å². The number of benzene rings is 2. The van der Waals surface area contributed by atoms with Crippen molar-refractivity contribution < 1.29 is 19.1 Å². The SMILES string of the molecule is O=C(NC1CCN(C(=O)OCc2ccccc2)CC1=O)c1ccc(Cl)cc1. The van der Waals surface area contributed by atoms with Gasteiger partial charge in [-0.1, -0.05) is 41.9 Å². The number of rotatable bonds is 4. The summed E-state index contributed by atoms with van der Waals surface area (Å²) in [5, 5.41) is 3.24. The van der Waals surface area contributed by atoms with Crippen LogP contribution < -0.4 is 5.32 Å². The third kappa shape index (κ3) is 5.08. The number of nitrogens with one attached hydrogen (secondary N) is 1. The molecule has 140 valence electrons. The van der Waals surface area contributed by atoms with Crippen molar-refractivity contribution >= 4 is 29.4 Å². The highest BCUT2D eigenvalue weighted by Gasteiger charge is 2.31. The van der Waals surface area contributed by atoms with Gasteiger partial charge in [-0.3, -0.25) is 9.59 Å². The number of Topliss-reactive ketones (excluding diaryl/α,β-unsaturated/α-hetero) is 1. The largest absolute Gasteiger partial charge is 0.445 e. The molecule has 0 bridgehead atoms. The lowest BCUT2D eigenvalue weighted by atomic mass is 10.0. The van der Waals surface area contributed by atoms with Gasteiger partial charge in [-0.15, -0.1) is 0 Å². The Hall–Kier alpha value is -2.86. The lowest BCUT2D eigenvalue weighted by Crippen LogP contribution is -2.53. The van der Waals surface area contributed by atoms with Gasteiger partial charge in [-0.2, -0.15) is 0 Å². The van der Waals surface area contributed by atoms with Crippen molar-refractivity contribution in [3.05, 3.63) is 70.7 Å². The maximum Gasteiger partial charge on any atom is 0.410 e. The molecule has 1 saturated heterocycles. The molecule has 3 rings (SSSR count). The minimum absolute atomic E-state index is 0.0841. The molecule has 1 N–H and O–H groups in total. The second-order valence-electron chi connectivity index (χ2n) is 6.25. The molecule has 1 atom stereocenters. The molecule has 1 unspecified atom stereocenters. The number of likely N-dealkylation sites (tertiary alicyclic amines) is 1. The standard InChI is InChI=1S/C20H19ClN2O4/c21-16-8-6-15(7-9-16)19(25)22-17-10-11-23(12-18(17)24)20(26)27-13-14-4-2-1-3-5-14/h1-9,17H,10-13H2,(H,22,25). The fourth-order valence-electron chi connectivity index (χ4n) is 2.79. The van der Waals surface area contributed by atoms with Gasteiger partial charge >= 0.3 is 6.09 Å². The summed E-state index contributed by atoms with van der Waals surface area (Å²) < 4.78 is 5.25. The van der Waals surface area contributed by atoms with E-state index in [2.05, 4.69) is 5.32 Å². The second kappa shape index (κ2) is 8.68. The Balaban J connectivity index is 1.49. The zero-order chi connectivity index (χ0) is 19.2. The molecule has 27 heavy (non-hydrogen) atoms. The first kappa shape index (κ1) is 18.9. The summed E-state index contributed by atoms with van der Waals surface area (Å²) >= 11 is 5.81. The number of carbonyl (C=O) groups excluding carboxylic acids is 3. The van der Waals surface area contributed by atoms with E-state index in [0.29, 0.717) is 23.6 Å². The fourth-order valence-corrected chi connectivity index (χ4v) is 2.91. The molecule has 7 heteroatoms. The number of ketones is 1. The molecule has 1 aliphatic heterocycles. The summed E-state index contributed by atoms with van der Waals surface area (Å²) in [6, 6.07) is 15.1. The average Bonchev–Trinajstić information content (AvgIpc) is 2.69. The molecule has 0 radical (unpaired) electrons. The number of hydrogen-bond acceptors (Lipinski definition) is 4. The van der Waals surface area contributed by atoms with Crippen LogP contribution in [0.1, 0.15) is 22.3 Å². The van der Waals surface area contributed by atoms with Crippen molar-refractivity contribution in [1.82, 2.24) is 10.2 Å². The van der Waals surface area contributed by atoms with E-state index in [9.17, 15) is 14.4 Å². The van der Waals surface area contributed by atoms with E-state index in [0.717, 1.165) is 5.56 Å². The highest BCUT2D eigenvalue weighted by molar-refractivity contribution is 6.30. The summed E-state index contributed by atoms with van der Waals surface area (Å²) in [5.74, 6) is -0.564. The van der Waals surface area contributed by atoms with Crippen LogP contribution >= 0.6 is 11.6 Å². The van der Waals surface area contributed by atoms with E-state index < -0.39 is 12.1 Å². The van der Waals surface area contributed by atoms with Crippen molar-refractivity contribution in [3.8, 4) is 0 Å². The van der Waals surface area contributed by atoms with Gasteiger partial charge in [0.15, 0.2) is 5.78 Å². The molecule has 1 aliphatic rings. The van der Waals surface area contributed by atoms with Crippen LogP contribution in [0.3, 0.4) is 0 Å². The van der Waals surface area contributed by atoms with E-state index in [4.69, 9.17) is 16.3 Å². The highest BCUT2D eigenvalue weighted by Crippen LogP contribution is 2.13. The first-order valence-electron chi connectivity index (χ1n) is 8.57. The number of hydrogen-bond donors (Lipinski definition) is 1. The molecular weight excluding hydrogens is 368 g/mol. The number of carbonyl (C=O) groups is 3. The number of nitrogens with zero attached hydrogens (tertiary/aromatic N) is 1. The normalized spacial score (nSPS) is 16.7. The maximum atomic E-state index is 12.3. The topological polar surface area (TPSA) is 75.7 Å². The van der Waals surface area contributed by atoms with E-state index in [1.807, 2.05) is 30.3 Å².